The molecule has 1 atom stereocenters. The number of amides is 3. The Morgan fingerprint density at radius 1 is 1.22 bits per heavy atom. The molecule has 0 radical (unpaired) electrons. The Bertz CT molecular complexity index is 306. The Kier molecular flexibility index (Phi) is 5.10. The van der Waals surface area contributed by atoms with Crippen molar-refractivity contribution in [1.29, 1.82) is 0 Å². The largest absolute Gasteiger partial charge is 0.370 e. The highest BCUT2D eigenvalue weighted by molar-refractivity contribution is 5.96. The summed E-state index contributed by atoms with van der Waals surface area (Å²) in [6, 6.07) is -0.674. The molecule has 1 aliphatic heterocycles. The van der Waals surface area contributed by atoms with Crippen LogP contribution in [0.3, 0.4) is 0 Å². The number of rotatable bonds is 2. The molecule has 1 fully saturated rings. The number of urea groups is 1. The molecule has 1 rings (SSSR count). The third-order valence-corrected chi connectivity index (χ3v) is 2.87. The van der Waals surface area contributed by atoms with E-state index in [1.807, 2.05) is 27.7 Å². The maximum Gasteiger partial charge on any atom is 0.322 e. The van der Waals surface area contributed by atoms with Gasteiger partial charge in [-0.2, -0.15) is 0 Å². The lowest BCUT2D eigenvalue weighted by Gasteiger charge is -2.28. The van der Waals surface area contributed by atoms with Crippen LogP contribution in [-0.4, -0.2) is 49.8 Å². The summed E-state index contributed by atoms with van der Waals surface area (Å²) in [5, 5.41) is 5.09. The molecule has 3 amide bonds. The number of carbonyl (C=O) groups excluding carboxylic acids is 2. The monoisotopic (exact) mass is 258 g/mol. The number of quaternary nitrogens is 1. The lowest BCUT2D eigenvalue weighted by Crippen LogP contribution is -3.18. The zero-order valence-corrected chi connectivity index (χ0v) is 11.6. The molecule has 1 heterocycles. The second-order valence-corrected chi connectivity index (χ2v) is 5.69. The van der Waals surface area contributed by atoms with E-state index in [-0.39, 0.29) is 17.5 Å². The van der Waals surface area contributed by atoms with Gasteiger partial charge in [-0.3, -0.25) is 10.1 Å². The van der Waals surface area contributed by atoms with E-state index < -0.39 is 6.03 Å². The first-order valence-corrected chi connectivity index (χ1v) is 6.35. The van der Waals surface area contributed by atoms with Crippen molar-refractivity contribution in [3.63, 3.8) is 0 Å². The van der Waals surface area contributed by atoms with Crippen LogP contribution in [0.5, 0.6) is 0 Å². The molecule has 0 aromatic heterocycles. The van der Waals surface area contributed by atoms with Crippen molar-refractivity contribution >= 4 is 11.9 Å². The maximum atomic E-state index is 11.9. The number of morpholine rings is 1. The summed E-state index contributed by atoms with van der Waals surface area (Å²) in [5.41, 5.74) is -0.348. The molecule has 18 heavy (non-hydrogen) atoms. The number of hydrogen-bond donors (Lipinski definition) is 3. The summed E-state index contributed by atoms with van der Waals surface area (Å²) in [7, 11) is 0. The Balaban J connectivity index is 2.41. The first-order valence-electron chi connectivity index (χ1n) is 6.35. The first-order chi connectivity index (χ1) is 8.29. The van der Waals surface area contributed by atoms with Crippen LogP contribution < -0.4 is 15.5 Å². The number of hydrogen-bond acceptors (Lipinski definition) is 3. The van der Waals surface area contributed by atoms with Crippen molar-refractivity contribution in [1.82, 2.24) is 10.6 Å². The van der Waals surface area contributed by atoms with Gasteiger partial charge in [-0.25, -0.2) is 4.79 Å². The van der Waals surface area contributed by atoms with Gasteiger partial charge >= 0.3 is 6.03 Å². The van der Waals surface area contributed by atoms with Gasteiger partial charge in [0.15, 0.2) is 6.04 Å². The molecule has 0 saturated carbocycles. The van der Waals surface area contributed by atoms with Gasteiger partial charge in [0.25, 0.3) is 5.91 Å². The van der Waals surface area contributed by atoms with E-state index in [2.05, 4.69) is 10.6 Å². The number of nitrogens with one attached hydrogen (secondary N) is 3. The maximum absolute atomic E-state index is 11.9. The highest BCUT2D eigenvalue weighted by atomic mass is 16.5. The van der Waals surface area contributed by atoms with Crippen LogP contribution in [0.4, 0.5) is 4.79 Å². The predicted molar refractivity (Wildman–Crippen MR) is 67.4 cm³/mol. The molecule has 0 aliphatic carbocycles. The summed E-state index contributed by atoms with van der Waals surface area (Å²) in [4.78, 5) is 24.6. The molecule has 0 aromatic carbocycles. The third-order valence-electron chi connectivity index (χ3n) is 2.87. The van der Waals surface area contributed by atoms with Crippen LogP contribution in [0.25, 0.3) is 0 Å². The highest BCUT2D eigenvalue weighted by Crippen LogP contribution is 1.97. The molecular formula is C12H24N3O3+. The van der Waals surface area contributed by atoms with Gasteiger partial charge in [0.1, 0.15) is 13.1 Å². The van der Waals surface area contributed by atoms with Crippen LogP contribution in [0.15, 0.2) is 0 Å². The van der Waals surface area contributed by atoms with E-state index in [1.165, 1.54) is 0 Å². The third kappa shape index (κ3) is 5.01. The molecule has 6 nitrogen and oxygen atoms in total. The second kappa shape index (κ2) is 6.15. The van der Waals surface area contributed by atoms with E-state index in [4.69, 9.17) is 4.74 Å². The fraction of sp³-hybridized carbons (Fsp3) is 0.833. The summed E-state index contributed by atoms with van der Waals surface area (Å²) in [5.74, 6) is -0.242. The Hall–Kier alpha value is -1.14. The summed E-state index contributed by atoms with van der Waals surface area (Å²) in [6.45, 7) is 10.4. The zero-order valence-electron chi connectivity index (χ0n) is 11.6. The van der Waals surface area contributed by atoms with Crippen molar-refractivity contribution in [2.75, 3.05) is 26.3 Å². The van der Waals surface area contributed by atoms with Gasteiger partial charge in [0, 0.05) is 5.54 Å². The molecule has 0 bridgehead atoms. The number of imide groups is 1. The highest BCUT2D eigenvalue weighted by Gasteiger charge is 2.28. The molecule has 3 N–H and O–H groups in total. The molecule has 0 unspecified atom stereocenters. The van der Waals surface area contributed by atoms with Gasteiger partial charge in [-0.15, -0.1) is 0 Å². The number of ether oxygens (including phenoxy) is 1. The minimum atomic E-state index is -0.438. The van der Waals surface area contributed by atoms with Crippen molar-refractivity contribution in [3.05, 3.63) is 0 Å². The predicted octanol–water partition coefficient (Wildman–Crippen LogP) is -1.09. The van der Waals surface area contributed by atoms with Crippen molar-refractivity contribution in [3.8, 4) is 0 Å². The van der Waals surface area contributed by atoms with E-state index in [0.717, 1.165) is 18.0 Å². The van der Waals surface area contributed by atoms with Gasteiger partial charge in [0.05, 0.1) is 13.2 Å². The molecule has 0 aromatic rings. The second-order valence-electron chi connectivity index (χ2n) is 5.69. The van der Waals surface area contributed by atoms with E-state index in [9.17, 15) is 9.59 Å². The average molecular weight is 258 g/mol. The molecule has 104 valence electrons. The van der Waals surface area contributed by atoms with Gasteiger partial charge in [-0.1, -0.05) is 0 Å². The van der Waals surface area contributed by atoms with Gasteiger partial charge in [-0.05, 0) is 27.7 Å². The minimum Gasteiger partial charge on any atom is -0.370 e. The summed E-state index contributed by atoms with van der Waals surface area (Å²) in [6.07, 6.45) is 0. The van der Waals surface area contributed by atoms with Crippen LogP contribution in [0.1, 0.15) is 27.7 Å². The van der Waals surface area contributed by atoms with Crippen molar-refractivity contribution < 1.29 is 19.2 Å². The number of carbonyl (C=O) groups is 2. The molecule has 1 aliphatic rings. The zero-order chi connectivity index (χ0) is 13.8. The standard InChI is InChI=1S/C12H23N3O3/c1-9(15-5-7-18-8-6-15)10(16)13-11(17)14-12(2,3)4/h9H,5-8H2,1-4H3,(H2,13,14,16,17)/p+1/t9-/m1/s1. The van der Waals surface area contributed by atoms with Crippen LogP contribution in [0.2, 0.25) is 0 Å². The Morgan fingerprint density at radius 2 is 1.78 bits per heavy atom. The Labute approximate surface area is 108 Å². The van der Waals surface area contributed by atoms with Crippen molar-refractivity contribution in [2.24, 2.45) is 0 Å². The fourth-order valence-electron chi connectivity index (χ4n) is 1.84. The lowest BCUT2D eigenvalue weighted by atomic mass is 10.1. The SMILES string of the molecule is C[C@H](C(=O)NC(=O)NC(C)(C)C)[NH+]1CCOCC1. The summed E-state index contributed by atoms with van der Waals surface area (Å²) >= 11 is 0. The molecule has 6 heteroatoms. The van der Waals surface area contributed by atoms with Crippen molar-refractivity contribution in [2.45, 2.75) is 39.3 Å². The fourth-order valence-corrected chi connectivity index (χ4v) is 1.84. The summed E-state index contributed by atoms with van der Waals surface area (Å²) < 4.78 is 5.24. The van der Waals surface area contributed by atoms with Crippen LogP contribution in [-0.2, 0) is 9.53 Å². The minimum absolute atomic E-state index is 0.236. The topological polar surface area (TPSA) is 71.9 Å². The van der Waals surface area contributed by atoms with E-state index in [0.29, 0.717) is 13.2 Å². The van der Waals surface area contributed by atoms with Crippen LogP contribution >= 0.6 is 0 Å². The quantitative estimate of drug-likeness (QED) is 0.590. The first kappa shape index (κ1) is 14.9. The molecule has 1 saturated heterocycles. The average Bonchev–Trinajstić information content (AvgIpc) is 2.26. The smallest absolute Gasteiger partial charge is 0.322 e. The van der Waals surface area contributed by atoms with Gasteiger partial charge in [0.2, 0.25) is 0 Å². The van der Waals surface area contributed by atoms with Gasteiger partial charge < -0.3 is 15.0 Å². The molecule has 0 spiro atoms. The van der Waals surface area contributed by atoms with E-state index >= 15 is 0 Å². The van der Waals surface area contributed by atoms with E-state index in [1.54, 1.807) is 0 Å². The van der Waals surface area contributed by atoms with Crippen LogP contribution in [0, 0.1) is 0 Å². The lowest BCUT2D eigenvalue weighted by molar-refractivity contribution is -0.921. The normalized spacial score (nSPS) is 19.1. The molecular weight excluding hydrogens is 234 g/mol. The Morgan fingerprint density at radius 3 is 2.28 bits per heavy atom.